The van der Waals surface area contributed by atoms with Gasteiger partial charge in [0.05, 0.1) is 12.2 Å². The minimum Gasteiger partial charge on any atom is -0.361 e. The Morgan fingerprint density at radius 1 is 1.37 bits per heavy atom. The summed E-state index contributed by atoms with van der Waals surface area (Å²) in [5.41, 5.74) is 1.30. The Kier molecular flexibility index (Phi) is 4.25. The maximum Gasteiger partial charge on any atom is 0.238 e. The van der Waals surface area contributed by atoms with Crippen molar-refractivity contribution < 1.29 is 13.7 Å². The number of rotatable bonds is 5. The highest BCUT2D eigenvalue weighted by atomic mass is 19.1. The fourth-order valence-corrected chi connectivity index (χ4v) is 1.54. The zero-order chi connectivity index (χ0) is 13.7. The highest BCUT2D eigenvalue weighted by Gasteiger charge is 2.04. The summed E-state index contributed by atoms with van der Waals surface area (Å²) in [5.74, 6) is 0.192. The van der Waals surface area contributed by atoms with E-state index >= 15 is 0 Å². The summed E-state index contributed by atoms with van der Waals surface area (Å²) in [6.45, 7) is 2.40. The molecule has 6 heteroatoms. The maximum absolute atomic E-state index is 12.7. The topological polar surface area (TPSA) is 67.2 Å². The first kappa shape index (κ1) is 13.2. The number of nitrogens with zero attached hydrogens (tertiary/aromatic N) is 1. The molecular formula is C13H14FN3O2. The van der Waals surface area contributed by atoms with Gasteiger partial charge in [-0.1, -0.05) is 5.16 Å². The van der Waals surface area contributed by atoms with Crippen molar-refractivity contribution in [2.45, 2.75) is 13.5 Å². The Labute approximate surface area is 109 Å². The van der Waals surface area contributed by atoms with E-state index in [-0.39, 0.29) is 18.3 Å². The van der Waals surface area contributed by atoms with Gasteiger partial charge in [0, 0.05) is 18.3 Å². The predicted molar refractivity (Wildman–Crippen MR) is 68.0 cm³/mol. The summed E-state index contributed by atoms with van der Waals surface area (Å²) in [6, 6.07) is 7.40. The van der Waals surface area contributed by atoms with Crippen LogP contribution in [0.15, 0.2) is 34.9 Å². The Morgan fingerprint density at radius 3 is 2.74 bits per heavy atom. The molecule has 0 aliphatic rings. The van der Waals surface area contributed by atoms with E-state index in [1.54, 1.807) is 13.0 Å². The number of carbonyl (C=O) groups is 1. The zero-order valence-electron chi connectivity index (χ0n) is 10.4. The first-order chi connectivity index (χ1) is 9.13. The van der Waals surface area contributed by atoms with E-state index < -0.39 is 0 Å². The molecule has 1 heterocycles. The van der Waals surface area contributed by atoms with E-state index in [0.717, 1.165) is 11.5 Å². The van der Waals surface area contributed by atoms with Crippen LogP contribution in [-0.4, -0.2) is 17.6 Å². The number of benzene rings is 1. The van der Waals surface area contributed by atoms with E-state index in [0.29, 0.717) is 12.2 Å². The molecule has 0 atom stereocenters. The van der Waals surface area contributed by atoms with Crippen LogP contribution in [0.25, 0.3) is 0 Å². The average Bonchev–Trinajstić information content (AvgIpc) is 2.78. The third kappa shape index (κ3) is 4.18. The molecule has 0 saturated heterocycles. The van der Waals surface area contributed by atoms with Crippen molar-refractivity contribution in [1.82, 2.24) is 10.5 Å². The van der Waals surface area contributed by atoms with Crippen LogP contribution in [0.1, 0.15) is 11.5 Å². The molecule has 0 saturated carbocycles. The SMILES string of the molecule is Cc1cc(CNCC(=O)Nc2ccc(F)cc2)no1. The van der Waals surface area contributed by atoms with Crippen LogP contribution in [0.3, 0.4) is 0 Å². The lowest BCUT2D eigenvalue weighted by Crippen LogP contribution is -2.27. The molecule has 2 rings (SSSR count). The summed E-state index contributed by atoms with van der Waals surface area (Å²) >= 11 is 0. The molecule has 0 spiro atoms. The third-order valence-electron chi connectivity index (χ3n) is 2.40. The van der Waals surface area contributed by atoms with E-state index in [9.17, 15) is 9.18 Å². The number of halogens is 1. The molecule has 0 aliphatic heterocycles. The molecule has 1 amide bonds. The van der Waals surface area contributed by atoms with Crippen LogP contribution < -0.4 is 10.6 Å². The number of hydrogen-bond acceptors (Lipinski definition) is 4. The standard InChI is InChI=1S/C13H14FN3O2/c1-9-6-12(17-19-9)7-15-8-13(18)16-11-4-2-10(14)3-5-11/h2-6,15H,7-8H2,1H3,(H,16,18). The number of aromatic nitrogens is 1. The minimum atomic E-state index is -0.336. The minimum absolute atomic E-state index is 0.142. The molecule has 2 aromatic rings. The lowest BCUT2D eigenvalue weighted by Gasteiger charge is -2.05. The Balaban J connectivity index is 1.74. The number of aryl methyl sites for hydroxylation is 1. The number of amides is 1. The van der Waals surface area contributed by atoms with Gasteiger partial charge in [-0.05, 0) is 31.2 Å². The van der Waals surface area contributed by atoms with Crippen LogP contribution in [0, 0.1) is 12.7 Å². The third-order valence-corrected chi connectivity index (χ3v) is 2.40. The molecule has 19 heavy (non-hydrogen) atoms. The van der Waals surface area contributed by atoms with Gasteiger partial charge in [-0.3, -0.25) is 4.79 Å². The van der Waals surface area contributed by atoms with Crippen LogP contribution in [0.2, 0.25) is 0 Å². The first-order valence-electron chi connectivity index (χ1n) is 5.82. The molecule has 2 N–H and O–H groups in total. The maximum atomic E-state index is 12.7. The van der Waals surface area contributed by atoms with E-state index in [1.807, 2.05) is 0 Å². The molecule has 0 unspecified atom stereocenters. The van der Waals surface area contributed by atoms with Gasteiger partial charge in [-0.25, -0.2) is 4.39 Å². The van der Waals surface area contributed by atoms with Gasteiger partial charge in [0.1, 0.15) is 11.6 Å². The summed E-state index contributed by atoms with van der Waals surface area (Å²) in [4.78, 5) is 11.6. The zero-order valence-corrected chi connectivity index (χ0v) is 10.4. The molecular weight excluding hydrogens is 249 g/mol. The van der Waals surface area contributed by atoms with Crippen LogP contribution in [0.4, 0.5) is 10.1 Å². The average molecular weight is 263 g/mol. The molecule has 100 valence electrons. The normalized spacial score (nSPS) is 10.4. The second-order valence-corrected chi connectivity index (χ2v) is 4.09. The van der Waals surface area contributed by atoms with Gasteiger partial charge in [-0.15, -0.1) is 0 Å². The number of nitrogens with one attached hydrogen (secondary N) is 2. The van der Waals surface area contributed by atoms with E-state index in [4.69, 9.17) is 4.52 Å². The fourth-order valence-electron chi connectivity index (χ4n) is 1.54. The van der Waals surface area contributed by atoms with Gasteiger partial charge in [0.25, 0.3) is 0 Å². The summed E-state index contributed by atoms with van der Waals surface area (Å²) in [5, 5.41) is 9.38. The van der Waals surface area contributed by atoms with Crippen molar-refractivity contribution in [1.29, 1.82) is 0 Å². The van der Waals surface area contributed by atoms with Crippen LogP contribution in [-0.2, 0) is 11.3 Å². The van der Waals surface area contributed by atoms with Gasteiger partial charge < -0.3 is 15.2 Å². The van der Waals surface area contributed by atoms with Gasteiger partial charge in [-0.2, -0.15) is 0 Å². The molecule has 0 radical (unpaired) electrons. The Bertz CT molecular complexity index is 551. The lowest BCUT2D eigenvalue weighted by atomic mass is 10.3. The highest BCUT2D eigenvalue weighted by Crippen LogP contribution is 2.07. The smallest absolute Gasteiger partial charge is 0.238 e. The van der Waals surface area contributed by atoms with Gasteiger partial charge in [0.2, 0.25) is 5.91 Å². The molecule has 0 bridgehead atoms. The lowest BCUT2D eigenvalue weighted by molar-refractivity contribution is -0.115. The van der Waals surface area contributed by atoms with Crippen LogP contribution >= 0.6 is 0 Å². The quantitative estimate of drug-likeness (QED) is 0.864. The van der Waals surface area contributed by atoms with Crippen molar-refractivity contribution in [3.63, 3.8) is 0 Å². The molecule has 1 aromatic carbocycles. The Hall–Kier alpha value is -2.21. The number of carbonyl (C=O) groups excluding carboxylic acids is 1. The van der Waals surface area contributed by atoms with Crippen molar-refractivity contribution >= 4 is 11.6 Å². The summed E-state index contributed by atoms with van der Waals surface area (Å²) in [7, 11) is 0. The van der Waals surface area contributed by atoms with E-state index in [2.05, 4.69) is 15.8 Å². The number of hydrogen-bond donors (Lipinski definition) is 2. The summed E-state index contributed by atoms with van der Waals surface area (Å²) < 4.78 is 17.6. The second-order valence-electron chi connectivity index (χ2n) is 4.09. The van der Waals surface area contributed by atoms with Crippen molar-refractivity contribution in [3.8, 4) is 0 Å². The molecule has 1 aromatic heterocycles. The summed E-state index contributed by atoms with van der Waals surface area (Å²) in [6.07, 6.45) is 0. The van der Waals surface area contributed by atoms with E-state index in [1.165, 1.54) is 24.3 Å². The second kappa shape index (κ2) is 6.10. The Morgan fingerprint density at radius 2 is 2.11 bits per heavy atom. The first-order valence-corrected chi connectivity index (χ1v) is 5.82. The van der Waals surface area contributed by atoms with Gasteiger partial charge in [0.15, 0.2) is 0 Å². The van der Waals surface area contributed by atoms with Gasteiger partial charge >= 0.3 is 0 Å². The molecule has 0 aliphatic carbocycles. The van der Waals surface area contributed by atoms with Crippen molar-refractivity contribution in [2.75, 3.05) is 11.9 Å². The van der Waals surface area contributed by atoms with Crippen molar-refractivity contribution in [2.24, 2.45) is 0 Å². The fraction of sp³-hybridized carbons (Fsp3) is 0.231. The number of anilines is 1. The van der Waals surface area contributed by atoms with Crippen molar-refractivity contribution in [3.05, 3.63) is 47.6 Å². The largest absolute Gasteiger partial charge is 0.361 e. The highest BCUT2D eigenvalue weighted by molar-refractivity contribution is 5.92. The molecule has 5 nitrogen and oxygen atoms in total. The molecule has 0 fully saturated rings. The predicted octanol–water partition coefficient (Wildman–Crippen LogP) is 1.85. The monoisotopic (exact) mass is 263 g/mol. The van der Waals surface area contributed by atoms with Crippen LogP contribution in [0.5, 0.6) is 0 Å².